The Morgan fingerprint density at radius 2 is 2.33 bits per heavy atom. The van der Waals surface area contributed by atoms with Crippen LogP contribution in [0.15, 0.2) is 10.2 Å². The van der Waals surface area contributed by atoms with Crippen molar-refractivity contribution in [2.45, 2.75) is 19.0 Å². The molecule has 8 heteroatoms. The zero-order valence-corrected chi connectivity index (χ0v) is 11.6. The second-order valence-electron chi connectivity index (χ2n) is 4.40. The molecule has 1 aliphatic heterocycles. The first-order valence-corrected chi connectivity index (χ1v) is 8.56. The van der Waals surface area contributed by atoms with Crippen molar-refractivity contribution in [3.8, 4) is 0 Å². The van der Waals surface area contributed by atoms with Crippen LogP contribution in [0.5, 0.6) is 0 Å². The molecule has 1 atom stereocenters. The van der Waals surface area contributed by atoms with E-state index in [1.54, 1.807) is 5.38 Å². The van der Waals surface area contributed by atoms with Crippen molar-refractivity contribution in [2.24, 2.45) is 0 Å². The van der Waals surface area contributed by atoms with Gasteiger partial charge in [0.15, 0.2) is 9.84 Å². The van der Waals surface area contributed by atoms with E-state index in [9.17, 15) is 13.2 Å². The lowest BCUT2D eigenvalue weighted by molar-refractivity contribution is 0.478. The molecule has 3 N–H and O–H groups in total. The topological polar surface area (TPSA) is 91.1 Å². The van der Waals surface area contributed by atoms with Gasteiger partial charge < -0.3 is 15.6 Å². The van der Waals surface area contributed by atoms with E-state index in [1.165, 1.54) is 0 Å². The molecule has 0 amide bonds. The van der Waals surface area contributed by atoms with E-state index in [-0.39, 0.29) is 22.4 Å². The fraction of sp³-hybridized carbons (Fsp3) is 0.700. The number of thiazole rings is 1. The zero-order chi connectivity index (χ0) is 13.0. The van der Waals surface area contributed by atoms with Crippen molar-refractivity contribution in [3.05, 3.63) is 20.7 Å². The van der Waals surface area contributed by atoms with Gasteiger partial charge in [0.25, 0.3) is 0 Å². The predicted octanol–water partition coefficient (Wildman–Crippen LogP) is -0.697. The van der Waals surface area contributed by atoms with Gasteiger partial charge in [-0.2, -0.15) is 0 Å². The maximum atomic E-state index is 11.4. The van der Waals surface area contributed by atoms with E-state index < -0.39 is 9.84 Å². The molecule has 2 heterocycles. The molecular formula is C10H17N3O3S2. The third kappa shape index (κ3) is 4.20. The van der Waals surface area contributed by atoms with E-state index in [0.29, 0.717) is 13.1 Å². The Bertz CT molecular complexity index is 535. The number of hydrogen-bond donors (Lipinski definition) is 3. The maximum Gasteiger partial charge on any atom is 0.304 e. The SMILES string of the molecule is O=c1[nH]c(CNCCC2CS(=O)(=O)CCN2)cs1. The molecule has 1 unspecified atom stereocenters. The number of rotatable bonds is 5. The Labute approximate surface area is 110 Å². The quantitative estimate of drug-likeness (QED) is 0.624. The van der Waals surface area contributed by atoms with Gasteiger partial charge in [-0.15, -0.1) is 0 Å². The molecule has 102 valence electrons. The number of sulfone groups is 1. The highest BCUT2D eigenvalue weighted by Gasteiger charge is 2.23. The normalized spacial score (nSPS) is 23.0. The van der Waals surface area contributed by atoms with Gasteiger partial charge in [0, 0.05) is 30.2 Å². The summed E-state index contributed by atoms with van der Waals surface area (Å²) in [4.78, 5) is 13.6. The third-order valence-corrected chi connectivity index (χ3v) is 5.31. The lowest BCUT2D eigenvalue weighted by Gasteiger charge is -2.23. The van der Waals surface area contributed by atoms with Crippen molar-refractivity contribution >= 4 is 21.2 Å². The number of aromatic amines is 1. The van der Waals surface area contributed by atoms with Gasteiger partial charge in [-0.25, -0.2) is 8.42 Å². The summed E-state index contributed by atoms with van der Waals surface area (Å²) in [6.07, 6.45) is 0.771. The molecule has 1 fully saturated rings. The Hall–Kier alpha value is -0.700. The van der Waals surface area contributed by atoms with Crippen LogP contribution in [0.4, 0.5) is 0 Å². The first-order valence-electron chi connectivity index (χ1n) is 5.86. The van der Waals surface area contributed by atoms with Gasteiger partial charge in [-0.05, 0) is 13.0 Å². The van der Waals surface area contributed by atoms with Crippen molar-refractivity contribution in [1.29, 1.82) is 0 Å². The lowest BCUT2D eigenvalue weighted by atomic mass is 10.2. The van der Waals surface area contributed by atoms with Crippen LogP contribution in [0.1, 0.15) is 12.1 Å². The second-order valence-corrected chi connectivity index (χ2v) is 7.48. The standard InChI is InChI=1S/C10H17N3O3S2/c14-10-13-9(6-17-10)5-11-2-1-8-7-18(15,16)4-3-12-8/h6,8,11-12H,1-5,7H2,(H,13,14). The molecule has 1 saturated heterocycles. The Morgan fingerprint density at radius 1 is 1.50 bits per heavy atom. The molecule has 0 aromatic carbocycles. The van der Waals surface area contributed by atoms with Crippen LogP contribution in [0.2, 0.25) is 0 Å². The van der Waals surface area contributed by atoms with Gasteiger partial charge >= 0.3 is 4.87 Å². The fourth-order valence-electron chi connectivity index (χ4n) is 1.95. The molecule has 0 spiro atoms. The zero-order valence-electron chi connectivity index (χ0n) is 9.94. The van der Waals surface area contributed by atoms with Crippen molar-refractivity contribution < 1.29 is 8.42 Å². The molecule has 0 saturated carbocycles. The average molecular weight is 291 g/mol. The first kappa shape index (κ1) is 13.7. The van der Waals surface area contributed by atoms with Crippen LogP contribution in [0.25, 0.3) is 0 Å². The van der Waals surface area contributed by atoms with Crippen molar-refractivity contribution in [2.75, 3.05) is 24.6 Å². The van der Waals surface area contributed by atoms with Crippen LogP contribution in [0, 0.1) is 0 Å². The van der Waals surface area contributed by atoms with Crippen molar-refractivity contribution in [1.82, 2.24) is 15.6 Å². The highest BCUT2D eigenvalue weighted by Crippen LogP contribution is 2.04. The molecule has 0 radical (unpaired) electrons. The molecule has 1 aromatic heterocycles. The Balaban J connectivity index is 1.68. The maximum absolute atomic E-state index is 11.4. The molecule has 6 nitrogen and oxygen atoms in total. The average Bonchev–Trinajstić information content (AvgIpc) is 2.69. The Morgan fingerprint density at radius 3 is 3.00 bits per heavy atom. The van der Waals surface area contributed by atoms with Crippen LogP contribution < -0.4 is 15.5 Å². The summed E-state index contributed by atoms with van der Waals surface area (Å²) in [6, 6.07) is 0.0396. The van der Waals surface area contributed by atoms with Crippen molar-refractivity contribution in [3.63, 3.8) is 0 Å². The minimum absolute atomic E-state index is 0.0396. The highest BCUT2D eigenvalue weighted by molar-refractivity contribution is 7.91. The van der Waals surface area contributed by atoms with Gasteiger partial charge in [-0.3, -0.25) is 4.79 Å². The molecule has 18 heavy (non-hydrogen) atoms. The van der Waals surface area contributed by atoms with E-state index in [0.717, 1.165) is 30.0 Å². The first-order chi connectivity index (χ1) is 8.55. The third-order valence-electron chi connectivity index (χ3n) is 2.86. The highest BCUT2D eigenvalue weighted by atomic mass is 32.2. The van der Waals surface area contributed by atoms with Gasteiger partial charge in [-0.1, -0.05) is 11.3 Å². The summed E-state index contributed by atoms with van der Waals surface area (Å²) in [5.41, 5.74) is 0.870. The van der Waals surface area contributed by atoms with Crippen LogP contribution in [0.3, 0.4) is 0 Å². The van der Waals surface area contributed by atoms with Crippen LogP contribution >= 0.6 is 11.3 Å². The van der Waals surface area contributed by atoms with Gasteiger partial charge in [0.2, 0.25) is 0 Å². The van der Waals surface area contributed by atoms with E-state index in [2.05, 4.69) is 15.6 Å². The summed E-state index contributed by atoms with van der Waals surface area (Å²) in [6.45, 7) is 1.88. The summed E-state index contributed by atoms with van der Waals surface area (Å²) in [7, 11) is -2.85. The number of nitrogens with one attached hydrogen (secondary N) is 3. The number of hydrogen-bond acceptors (Lipinski definition) is 6. The van der Waals surface area contributed by atoms with E-state index >= 15 is 0 Å². The molecule has 1 aliphatic rings. The second kappa shape index (κ2) is 5.96. The van der Waals surface area contributed by atoms with Crippen LogP contribution in [-0.2, 0) is 16.4 Å². The molecular weight excluding hydrogens is 274 g/mol. The number of aromatic nitrogens is 1. The predicted molar refractivity (Wildman–Crippen MR) is 71.7 cm³/mol. The van der Waals surface area contributed by atoms with Gasteiger partial charge in [0.05, 0.1) is 11.5 Å². The molecule has 0 bridgehead atoms. The van der Waals surface area contributed by atoms with E-state index in [1.807, 2.05) is 0 Å². The fourth-order valence-corrected chi connectivity index (χ4v) is 4.03. The summed E-state index contributed by atoms with van der Waals surface area (Å²) in [5, 5.41) is 8.18. The lowest BCUT2D eigenvalue weighted by Crippen LogP contribution is -2.46. The Kier molecular flexibility index (Phi) is 4.55. The minimum atomic E-state index is -2.85. The van der Waals surface area contributed by atoms with E-state index in [4.69, 9.17) is 0 Å². The molecule has 0 aliphatic carbocycles. The van der Waals surface area contributed by atoms with Crippen LogP contribution in [-0.4, -0.2) is 44.0 Å². The summed E-state index contributed by atoms with van der Waals surface area (Å²) in [5.74, 6) is 0.469. The smallest absolute Gasteiger partial charge is 0.304 e. The monoisotopic (exact) mass is 291 g/mol. The minimum Gasteiger partial charge on any atom is -0.315 e. The summed E-state index contributed by atoms with van der Waals surface area (Å²) < 4.78 is 22.8. The number of H-pyrrole nitrogens is 1. The molecule has 1 aromatic rings. The molecule has 2 rings (SSSR count). The largest absolute Gasteiger partial charge is 0.315 e. The van der Waals surface area contributed by atoms with Gasteiger partial charge in [0.1, 0.15) is 0 Å². The summed E-state index contributed by atoms with van der Waals surface area (Å²) >= 11 is 1.15.